The van der Waals surface area contributed by atoms with Gasteiger partial charge in [0.1, 0.15) is 5.60 Å². The van der Waals surface area contributed by atoms with Crippen molar-refractivity contribution in [3.8, 4) is 0 Å². The number of aliphatic imine (C=N–C) groups is 1. The predicted octanol–water partition coefficient (Wildman–Crippen LogP) is 0.624. The number of rotatable bonds is 9. The Hall–Kier alpha value is -0.820. The van der Waals surface area contributed by atoms with Gasteiger partial charge in [0, 0.05) is 33.2 Å². The van der Waals surface area contributed by atoms with Crippen molar-refractivity contribution < 1.29 is 17.9 Å². The van der Waals surface area contributed by atoms with Crippen molar-refractivity contribution in [1.29, 1.82) is 0 Å². The number of hydrogen-bond donors (Lipinski definition) is 4. The number of sulfonamides is 1. The fourth-order valence-electron chi connectivity index (χ4n) is 1.51. The van der Waals surface area contributed by atoms with Gasteiger partial charge in [-0.3, -0.25) is 4.99 Å². The molecule has 0 bridgehead atoms. The second kappa shape index (κ2) is 13.4. The van der Waals surface area contributed by atoms with Gasteiger partial charge in [-0.15, -0.1) is 24.0 Å². The Labute approximate surface area is 168 Å². The molecule has 0 saturated heterocycles. The first-order valence-electron chi connectivity index (χ1n) is 7.98. The Kier molecular flexibility index (Phi) is 14.1. The quantitative estimate of drug-likeness (QED) is 0.162. The van der Waals surface area contributed by atoms with Crippen LogP contribution in [0.1, 0.15) is 34.1 Å². The van der Waals surface area contributed by atoms with Gasteiger partial charge in [0.2, 0.25) is 10.0 Å². The third-order valence-electron chi connectivity index (χ3n) is 2.66. The number of nitrogens with one attached hydrogen (secondary N) is 4. The lowest BCUT2D eigenvalue weighted by molar-refractivity contribution is 0.0527. The van der Waals surface area contributed by atoms with Crippen LogP contribution in [0, 0.1) is 0 Å². The van der Waals surface area contributed by atoms with Crippen LogP contribution in [-0.2, 0) is 14.8 Å². The minimum Gasteiger partial charge on any atom is -0.444 e. The number of alkyl carbamates (subject to hydrolysis) is 1. The Balaban J connectivity index is 0. The van der Waals surface area contributed by atoms with E-state index in [0.717, 1.165) is 0 Å². The molecule has 0 spiro atoms. The average Bonchev–Trinajstić information content (AvgIpc) is 2.47. The second-order valence-electron chi connectivity index (χ2n) is 6.01. The van der Waals surface area contributed by atoms with Crippen molar-refractivity contribution >= 4 is 46.1 Å². The van der Waals surface area contributed by atoms with Gasteiger partial charge in [-0.1, -0.05) is 0 Å². The van der Waals surface area contributed by atoms with Crippen molar-refractivity contribution in [2.45, 2.75) is 39.7 Å². The molecule has 0 atom stereocenters. The second-order valence-corrected chi connectivity index (χ2v) is 8.10. The molecule has 11 heteroatoms. The lowest BCUT2D eigenvalue weighted by Crippen LogP contribution is -2.42. The van der Waals surface area contributed by atoms with Gasteiger partial charge in [-0.2, -0.15) is 0 Å². The van der Waals surface area contributed by atoms with Crippen LogP contribution in [0.4, 0.5) is 4.79 Å². The van der Waals surface area contributed by atoms with Crippen molar-refractivity contribution in [2.24, 2.45) is 4.99 Å². The van der Waals surface area contributed by atoms with E-state index in [-0.39, 0.29) is 36.3 Å². The van der Waals surface area contributed by atoms with E-state index >= 15 is 0 Å². The number of nitrogens with zero attached hydrogens (tertiary/aromatic N) is 1. The summed E-state index contributed by atoms with van der Waals surface area (Å²) in [7, 11) is -1.54. The van der Waals surface area contributed by atoms with Crippen LogP contribution in [0.25, 0.3) is 0 Å². The van der Waals surface area contributed by atoms with Crippen molar-refractivity contribution in [2.75, 3.05) is 39.0 Å². The molecule has 4 N–H and O–H groups in total. The fraction of sp³-hybridized carbons (Fsp3) is 0.857. The van der Waals surface area contributed by atoms with Gasteiger partial charge in [0.05, 0.1) is 5.75 Å². The van der Waals surface area contributed by atoms with Gasteiger partial charge in [-0.25, -0.2) is 17.9 Å². The first kappa shape index (κ1) is 26.4. The summed E-state index contributed by atoms with van der Waals surface area (Å²) in [5, 5.41) is 8.74. The highest BCUT2D eigenvalue weighted by Crippen LogP contribution is 2.06. The molecule has 150 valence electrons. The molecule has 25 heavy (non-hydrogen) atoms. The number of guanidine groups is 1. The standard InChI is InChI=1S/C14H31N5O4S.HI/c1-6-24(21,22)19-11-10-17-12(15-5)16-8-7-9-18-13(20)23-14(2,3)4;/h19H,6-11H2,1-5H3,(H,18,20)(H2,15,16,17);1H. The van der Waals surface area contributed by atoms with Crippen LogP contribution < -0.4 is 20.7 Å². The maximum atomic E-state index is 11.4. The molecular formula is C14H32IN5O4S. The zero-order valence-corrected chi connectivity index (χ0v) is 18.8. The predicted molar refractivity (Wildman–Crippen MR) is 111 cm³/mol. The number of hydrogen-bond acceptors (Lipinski definition) is 5. The number of amides is 1. The molecule has 0 radical (unpaired) electrons. The Morgan fingerprint density at radius 2 is 1.60 bits per heavy atom. The summed E-state index contributed by atoms with van der Waals surface area (Å²) in [6.45, 7) is 8.82. The van der Waals surface area contributed by atoms with E-state index in [1.54, 1.807) is 14.0 Å². The SMILES string of the molecule is CCS(=O)(=O)NCCNC(=NC)NCCCNC(=O)OC(C)(C)C.I. The van der Waals surface area contributed by atoms with Crippen LogP contribution in [0.2, 0.25) is 0 Å². The number of carbonyl (C=O) groups is 1. The minimum absolute atomic E-state index is 0. The molecule has 0 aliphatic heterocycles. The Bertz CT molecular complexity index is 506. The monoisotopic (exact) mass is 493 g/mol. The van der Waals surface area contributed by atoms with Gasteiger partial charge >= 0.3 is 6.09 Å². The first-order chi connectivity index (χ1) is 11.1. The molecular weight excluding hydrogens is 461 g/mol. The fourth-order valence-corrected chi connectivity index (χ4v) is 2.13. The van der Waals surface area contributed by atoms with Gasteiger partial charge in [0.25, 0.3) is 0 Å². The van der Waals surface area contributed by atoms with Crippen molar-refractivity contribution in [3.05, 3.63) is 0 Å². The third kappa shape index (κ3) is 16.4. The van der Waals surface area contributed by atoms with E-state index in [0.29, 0.717) is 32.0 Å². The topological polar surface area (TPSA) is 121 Å². The largest absolute Gasteiger partial charge is 0.444 e. The smallest absolute Gasteiger partial charge is 0.407 e. The molecule has 1 amide bonds. The minimum atomic E-state index is -3.17. The molecule has 0 aliphatic rings. The molecule has 0 aliphatic carbocycles. The van der Waals surface area contributed by atoms with E-state index < -0.39 is 21.7 Å². The van der Waals surface area contributed by atoms with E-state index in [4.69, 9.17) is 4.74 Å². The van der Waals surface area contributed by atoms with Crippen LogP contribution in [0.15, 0.2) is 4.99 Å². The van der Waals surface area contributed by atoms with Crippen LogP contribution in [-0.4, -0.2) is 65.1 Å². The highest BCUT2D eigenvalue weighted by atomic mass is 127. The molecule has 0 aromatic heterocycles. The normalized spacial score (nSPS) is 12.1. The van der Waals surface area contributed by atoms with Crippen LogP contribution in [0.5, 0.6) is 0 Å². The molecule has 0 fully saturated rings. The molecule has 0 aromatic rings. The summed E-state index contributed by atoms with van der Waals surface area (Å²) in [5.41, 5.74) is -0.506. The summed E-state index contributed by atoms with van der Waals surface area (Å²) in [5.74, 6) is 0.632. The first-order valence-corrected chi connectivity index (χ1v) is 9.63. The van der Waals surface area contributed by atoms with E-state index in [2.05, 4.69) is 25.7 Å². The number of ether oxygens (including phenoxy) is 1. The van der Waals surface area contributed by atoms with E-state index in [1.807, 2.05) is 20.8 Å². The highest BCUT2D eigenvalue weighted by Gasteiger charge is 2.15. The highest BCUT2D eigenvalue weighted by molar-refractivity contribution is 14.0. The van der Waals surface area contributed by atoms with E-state index in [9.17, 15) is 13.2 Å². The Morgan fingerprint density at radius 3 is 2.12 bits per heavy atom. The molecule has 0 heterocycles. The molecule has 0 aromatic carbocycles. The lowest BCUT2D eigenvalue weighted by Gasteiger charge is -2.19. The summed E-state index contributed by atoms with van der Waals surface area (Å²) >= 11 is 0. The zero-order valence-electron chi connectivity index (χ0n) is 15.6. The summed E-state index contributed by atoms with van der Waals surface area (Å²) < 4.78 is 30.1. The summed E-state index contributed by atoms with van der Waals surface area (Å²) in [6.07, 6.45) is 0.260. The molecule has 0 unspecified atom stereocenters. The zero-order chi connectivity index (χ0) is 18.6. The van der Waals surface area contributed by atoms with Gasteiger partial charge in [0.15, 0.2) is 5.96 Å². The number of carbonyl (C=O) groups excluding carboxylic acids is 1. The third-order valence-corrected chi connectivity index (χ3v) is 4.06. The molecule has 0 rings (SSSR count). The van der Waals surface area contributed by atoms with Crippen molar-refractivity contribution in [3.63, 3.8) is 0 Å². The molecule has 0 saturated carbocycles. The lowest BCUT2D eigenvalue weighted by atomic mass is 10.2. The summed E-state index contributed by atoms with van der Waals surface area (Å²) in [4.78, 5) is 15.5. The maximum Gasteiger partial charge on any atom is 0.407 e. The maximum absolute atomic E-state index is 11.4. The van der Waals surface area contributed by atoms with Crippen molar-refractivity contribution in [1.82, 2.24) is 20.7 Å². The average molecular weight is 493 g/mol. The van der Waals surface area contributed by atoms with Gasteiger partial charge in [-0.05, 0) is 34.1 Å². The van der Waals surface area contributed by atoms with Crippen LogP contribution in [0.3, 0.4) is 0 Å². The van der Waals surface area contributed by atoms with E-state index in [1.165, 1.54) is 0 Å². The molecule has 9 nitrogen and oxygen atoms in total. The number of halogens is 1. The Morgan fingerprint density at radius 1 is 1.04 bits per heavy atom. The summed E-state index contributed by atoms with van der Waals surface area (Å²) in [6, 6.07) is 0. The van der Waals surface area contributed by atoms with Gasteiger partial charge < -0.3 is 20.7 Å². The van der Waals surface area contributed by atoms with Crippen LogP contribution >= 0.6 is 24.0 Å².